The molecule has 5 heterocycles. The third-order valence-corrected chi connectivity index (χ3v) is 22.0. The first kappa shape index (κ1) is 85.5. The summed E-state index contributed by atoms with van der Waals surface area (Å²) < 4.78 is 28.6. The molecule has 4 fully saturated rings. The Kier molecular flexibility index (Phi) is 32.3. The molecule has 0 bridgehead atoms. The van der Waals surface area contributed by atoms with Crippen LogP contribution in [0.3, 0.4) is 0 Å². The largest absolute Gasteiger partial charge is 0.507 e. The number of amides is 7. The molecule has 4 saturated heterocycles. The van der Waals surface area contributed by atoms with Crippen molar-refractivity contribution in [3.8, 4) is 5.75 Å². The highest BCUT2D eigenvalue weighted by Crippen LogP contribution is 2.34. The Morgan fingerprint density at radius 1 is 0.717 bits per heavy atom. The number of aromatic nitrogens is 1. The van der Waals surface area contributed by atoms with Crippen LogP contribution in [0.25, 0.3) is 10.9 Å². The molecule has 39 heteroatoms. The smallest absolute Gasteiger partial charge is 0.279 e. The lowest BCUT2D eigenvalue weighted by Crippen LogP contribution is -2.97. The Hall–Kier alpha value is -6.08. The lowest BCUT2D eigenvalue weighted by molar-refractivity contribution is -0.700. The summed E-state index contributed by atoms with van der Waals surface area (Å²) in [5, 5.41) is 172. The Bertz CT molecular complexity index is 3560. The quantitative estimate of drug-likeness (QED) is 0.0158. The molecule has 36 nitrogen and oxygen atoms in total. The molecule has 588 valence electrons. The maximum absolute atomic E-state index is 15.4. The lowest BCUT2D eigenvalue weighted by atomic mass is 9.94. The molecule has 27 N–H and O–H groups in total. The van der Waals surface area contributed by atoms with Gasteiger partial charge in [-0.2, -0.15) is 0 Å². The van der Waals surface area contributed by atoms with Gasteiger partial charge in [-0.3, -0.25) is 33.6 Å². The summed E-state index contributed by atoms with van der Waals surface area (Å²) in [5.41, 5.74) is 6.00. The van der Waals surface area contributed by atoms with Gasteiger partial charge in [0.1, 0.15) is 116 Å². The van der Waals surface area contributed by atoms with Crippen molar-refractivity contribution < 1.29 is 140 Å². The number of unbranched alkanes of at least 4 members (excludes halogenated alkanes) is 1. The third-order valence-electron chi connectivity index (χ3n) is 18.7. The second kappa shape index (κ2) is 40.0. The number of quaternary nitrogens is 2. The van der Waals surface area contributed by atoms with Gasteiger partial charge in [0, 0.05) is 47.9 Å². The van der Waals surface area contributed by atoms with Crippen molar-refractivity contribution >= 4 is 96.4 Å². The minimum absolute atomic E-state index is 0.0369. The van der Waals surface area contributed by atoms with Crippen LogP contribution < -0.4 is 48.3 Å². The van der Waals surface area contributed by atoms with Crippen LogP contribution in [0.4, 0.5) is 0 Å². The molecular formula is C67H97IN10O26S2+2. The molecule has 0 spiro atoms. The number of fused-ring (bicyclic) bond motifs is 1. The number of ether oxygens (including phenoxy) is 5. The van der Waals surface area contributed by atoms with Gasteiger partial charge in [0.25, 0.3) is 5.91 Å². The monoisotopic (exact) mass is 1640 g/mol. The molecule has 0 aliphatic carbocycles. The molecule has 7 amide bonds. The SMILES string of the molecule is CC(O)[C@@H]1NC(=O)[C@H](CCCC[NH3+])NC(=O)[C@@H](Cc2c[nH]c3ccccc23)NC(=O)[C@H](Cc2ccc(O)c([123I])c2)NC(=O)C(NC(=O)C(Cc2ccccc2)[NH2+]CC2(O)OCC(O)[C@@H](O[C@@H]3OC(CO)[C@@H](O[C@@H]4OC(CO)[C@@H](O)[C@H](O)C4O)[C@H](O)C3O)C2O)CSSC[C@@H](C(=O)N[C@H](CO)C(C)O)NC1=O. The van der Waals surface area contributed by atoms with Crippen molar-refractivity contribution in [1.82, 2.24) is 42.2 Å². The number of aromatic amines is 1. The first-order valence-electron chi connectivity index (χ1n) is 34.5. The van der Waals surface area contributed by atoms with Gasteiger partial charge in [-0.25, -0.2) is 0 Å². The van der Waals surface area contributed by atoms with E-state index in [0.29, 0.717) is 50.5 Å². The number of H-pyrrole nitrogens is 1. The molecule has 24 atom stereocenters. The maximum Gasteiger partial charge on any atom is 0.279 e. The van der Waals surface area contributed by atoms with E-state index in [1.807, 2.05) is 22.6 Å². The topological polar surface area (TPSA) is 593 Å². The minimum atomic E-state index is -2.76. The zero-order valence-electron chi connectivity index (χ0n) is 57.8. The van der Waals surface area contributed by atoms with E-state index in [1.54, 1.807) is 66.9 Å². The number of phenols is 1. The van der Waals surface area contributed by atoms with E-state index < -0.39 is 226 Å². The standard InChI is InChI=1S/C67H95IN10O26S2/c1-30(82)42(23-79)75-63(97)44-28-106-105-27-43(76-59(93)39(19-32-10-4-3-5-11-32)71-29-67(99)57(91)55(46(85)26-100-67)103-66-54(90)52(88)56(48(25-81)102-66)104-65-53(89)51(87)50(86)47(24-80)101-65)62(96)73-40(20-33-15-16-45(84)36(68)18-33)60(94)74-41(21-34-22-70-37-13-7-6-12-35(34)37)61(95)72-38(14-8-9-17-69)58(92)78-49(31(2)83)64(98)77-44/h3-7,10-13,15-16,18,22,30-31,38-44,46-57,65-66,70-71,79-91,99H,8-9,14,17,19-21,23-29,69H2,1-2H3,(H,72,95)(H,73,96)(H,74,94)(H,75,97)(H,76,93)(H,77,98)(H,78,92)/p+2/t30?,31?,38-,39?,40-,41+,42+,43?,44-,46?,47?,48?,49-,50+,51-,52+,53?,54?,55+,56+,57?,65-,66-,67?/m0/s1/i68-4. The highest BCUT2D eigenvalue weighted by molar-refractivity contribution is 14.1. The summed E-state index contributed by atoms with van der Waals surface area (Å²) in [6, 6.07) is 7.56. The normalized spacial score (nSPS) is 32.4. The zero-order valence-corrected chi connectivity index (χ0v) is 61.6. The molecule has 0 radical (unpaired) electrons. The molecule has 4 aromatic rings. The van der Waals surface area contributed by atoms with Crippen LogP contribution >= 0.6 is 44.2 Å². The van der Waals surface area contributed by atoms with Crippen LogP contribution in [-0.2, 0) is 76.5 Å². The molecule has 0 saturated carbocycles. The van der Waals surface area contributed by atoms with Gasteiger partial charge in [-0.15, -0.1) is 0 Å². The predicted octanol–water partition coefficient (Wildman–Crippen LogP) is -9.16. The Morgan fingerprint density at radius 3 is 2.00 bits per heavy atom. The molecule has 106 heavy (non-hydrogen) atoms. The van der Waals surface area contributed by atoms with Crippen molar-refractivity contribution in [2.45, 2.75) is 198 Å². The number of benzene rings is 3. The van der Waals surface area contributed by atoms with Gasteiger partial charge in [0.2, 0.25) is 41.2 Å². The Labute approximate surface area is 629 Å². The van der Waals surface area contributed by atoms with Gasteiger partial charge in [0.05, 0.1) is 54.8 Å². The number of nitrogens with one attached hydrogen (secondary N) is 8. The summed E-state index contributed by atoms with van der Waals surface area (Å²) in [5.74, 6) is -10.4. The van der Waals surface area contributed by atoms with Crippen LogP contribution in [-0.4, -0.2) is 315 Å². The maximum atomic E-state index is 15.4. The molecular weight excluding hydrogens is 1550 g/mol. The van der Waals surface area contributed by atoms with Gasteiger partial charge in [-0.1, -0.05) is 76.2 Å². The third kappa shape index (κ3) is 22.3. The van der Waals surface area contributed by atoms with Gasteiger partial charge < -0.3 is 148 Å². The van der Waals surface area contributed by atoms with Crippen LogP contribution in [0.2, 0.25) is 0 Å². The molecule has 3 aromatic carbocycles. The van der Waals surface area contributed by atoms with E-state index >= 15 is 19.2 Å². The fourth-order valence-electron chi connectivity index (χ4n) is 12.4. The first-order valence-corrected chi connectivity index (χ1v) is 38.1. The number of nitrogens with two attached hydrogens (primary N) is 1. The first-order chi connectivity index (χ1) is 50.5. The van der Waals surface area contributed by atoms with E-state index in [-0.39, 0.29) is 37.2 Å². The fraction of sp³-hybridized carbons (Fsp3) is 0.597. The Morgan fingerprint density at radius 2 is 1.34 bits per heavy atom. The van der Waals surface area contributed by atoms with Crippen molar-refractivity contribution in [1.29, 1.82) is 0 Å². The summed E-state index contributed by atoms with van der Waals surface area (Å²) in [7, 11) is 1.75. The van der Waals surface area contributed by atoms with Crippen LogP contribution in [0.1, 0.15) is 49.8 Å². The van der Waals surface area contributed by atoms with E-state index in [0.717, 1.165) is 21.6 Å². The molecule has 4 aliphatic rings. The van der Waals surface area contributed by atoms with Crippen molar-refractivity contribution in [2.75, 3.05) is 51.0 Å². The van der Waals surface area contributed by atoms with Crippen LogP contribution in [0, 0.1) is 3.57 Å². The summed E-state index contributed by atoms with van der Waals surface area (Å²) in [6.07, 6.45) is -26.1. The number of aromatic hydroxyl groups is 1. The summed E-state index contributed by atoms with van der Waals surface area (Å²) >= 11 is 1.87. The zero-order chi connectivity index (χ0) is 77.3. The van der Waals surface area contributed by atoms with Crippen molar-refractivity contribution in [3.63, 3.8) is 0 Å². The van der Waals surface area contributed by atoms with E-state index in [9.17, 15) is 85.9 Å². The fourth-order valence-corrected chi connectivity index (χ4v) is 15.3. The molecule has 8 rings (SSSR count). The van der Waals surface area contributed by atoms with Crippen LogP contribution in [0.15, 0.2) is 79.0 Å². The Balaban J connectivity index is 1.12. The van der Waals surface area contributed by atoms with E-state index in [4.69, 9.17) is 23.7 Å². The van der Waals surface area contributed by atoms with E-state index in [1.165, 1.54) is 31.3 Å². The van der Waals surface area contributed by atoms with Gasteiger partial charge >= 0.3 is 0 Å². The minimum Gasteiger partial charge on any atom is -0.507 e. The van der Waals surface area contributed by atoms with E-state index in [2.05, 4.69) is 47.9 Å². The number of para-hydroxylation sites is 1. The lowest BCUT2D eigenvalue weighted by Gasteiger charge is -2.48. The number of rotatable bonds is 26. The van der Waals surface area contributed by atoms with Gasteiger partial charge in [-0.05, 0) is 90.6 Å². The summed E-state index contributed by atoms with van der Waals surface area (Å²) in [6.45, 7) is -1.22. The number of phenolic OH excluding ortho intramolecular Hbond substituents is 1. The highest BCUT2D eigenvalue weighted by Gasteiger charge is 2.56. The predicted molar refractivity (Wildman–Crippen MR) is 382 cm³/mol. The van der Waals surface area contributed by atoms with Crippen molar-refractivity contribution in [3.05, 3.63) is 99.3 Å². The molecule has 11 unspecified atom stereocenters. The highest BCUT2D eigenvalue weighted by atomic mass is 123. The number of aliphatic hydroxyl groups excluding tert-OH is 12. The number of carbonyl (C=O) groups excluding carboxylic acids is 7. The van der Waals surface area contributed by atoms with Crippen LogP contribution in [0.5, 0.6) is 5.75 Å². The molecule has 4 aliphatic heterocycles. The molecule has 1 aromatic heterocycles. The average molecular weight is 1650 g/mol. The number of hydrogen-bond acceptors (Lipinski definition) is 28. The number of aliphatic hydroxyl groups is 13. The van der Waals surface area contributed by atoms with Crippen molar-refractivity contribution in [2.24, 2.45) is 0 Å². The summed E-state index contributed by atoms with van der Waals surface area (Å²) in [4.78, 5) is 107. The second-order valence-corrected chi connectivity index (χ2v) is 30.3. The average Bonchev–Trinajstić information content (AvgIpc) is 0.874. The number of carbonyl (C=O) groups is 7. The second-order valence-electron chi connectivity index (χ2n) is 26.6. The number of hydrogen-bond donors (Lipinski definition) is 24. The number of halogens is 1. The van der Waals surface area contributed by atoms with Gasteiger partial charge in [0.15, 0.2) is 18.6 Å².